The highest BCUT2D eigenvalue weighted by atomic mass is 35.5. The van der Waals surface area contributed by atoms with Crippen LogP contribution in [0.15, 0.2) is 18.2 Å². The van der Waals surface area contributed by atoms with E-state index in [1.807, 2.05) is 31.2 Å². The van der Waals surface area contributed by atoms with Crippen LogP contribution in [-0.4, -0.2) is 15.9 Å². The second-order valence-corrected chi connectivity index (χ2v) is 4.99. The number of halogens is 1. The van der Waals surface area contributed by atoms with Gasteiger partial charge in [-0.05, 0) is 19.4 Å². The fourth-order valence-electron chi connectivity index (χ4n) is 1.14. The van der Waals surface area contributed by atoms with E-state index < -0.39 is 0 Å². The molecule has 0 aliphatic rings. The van der Waals surface area contributed by atoms with Crippen LogP contribution in [0.1, 0.15) is 24.6 Å². The largest absolute Gasteiger partial charge is 0.288 e. The molecule has 0 bridgehead atoms. The average Bonchev–Trinajstić information content (AvgIpc) is 2.20. The van der Waals surface area contributed by atoms with E-state index >= 15 is 0 Å². The maximum atomic E-state index is 10.7. The van der Waals surface area contributed by atoms with Crippen LogP contribution >= 0.6 is 23.4 Å². The molecule has 2 nitrogen and oxygen atoms in total. The van der Waals surface area contributed by atoms with Crippen LogP contribution in [0.3, 0.4) is 0 Å². The van der Waals surface area contributed by atoms with Crippen molar-refractivity contribution in [1.82, 2.24) is 4.98 Å². The third kappa shape index (κ3) is 4.81. The maximum absolute atomic E-state index is 10.7. The van der Waals surface area contributed by atoms with Crippen molar-refractivity contribution < 1.29 is 4.79 Å². The Balaban J connectivity index is 2.47. The Hall–Kier alpha value is -0.800. The maximum Gasteiger partial charge on any atom is 0.185 e. The summed E-state index contributed by atoms with van der Waals surface area (Å²) in [5, 5.41) is 0.680. The predicted molar refractivity (Wildman–Crippen MR) is 70.8 cm³/mol. The Morgan fingerprint density at radius 3 is 2.94 bits per heavy atom. The number of carbonyl (C=O) groups is 1. The van der Waals surface area contributed by atoms with Gasteiger partial charge in [-0.2, -0.15) is 0 Å². The van der Waals surface area contributed by atoms with Gasteiger partial charge in [0.25, 0.3) is 0 Å². The molecule has 0 N–H and O–H groups in total. The van der Waals surface area contributed by atoms with E-state index in [0.717, 1.165) is 23.4 Å². The fourth-order valence-corrected chi connectivity index (χ4v) is 1.94. The van der Waals surface area contributed by atoms with Gasteiger partial charge >= 0.3 is 0 Å². The van der Waals surface area contributed by atoms with Crippen LogP contribution in [-0.2, 0) is 4.79 Å². The molecule has 0 aromatic carbocycles. The number of aryl methyl sites for hydroxylation is 1. The lowest BCUT2D eigenvalue weighted by atomic mass is 10.2. The molecule has 1 aromatic heterocycles. The van der Waals surface area contributed by atoms with Crippen molar-refractivity contribution in [3.8, 4) is 0 Å². The monoisotopic (exact) mass is 255 g/mol. The third-order valence-corrected chi connectivity index (χ3v) is 3.05. The third-order valence-electron chi connectivity index (χ3n) is 1.90. The molecular formula is C12H14ClNOS. The Morgan fingerprint density at radius 1 is 1.56 bits per heavy atom. The van der Waals surface area contributed by atoms with Gasteiger partial charge in [0, 0.05) is 23.9 Å². The van der Waals surface area contributed by atoms with Crippen molar-refractivity contribution in [2.24, 2.45) is 0 Å². The number of rotatable bonds is 4. The molecule has 0 aliphatic heterocycles. The van der Waals surface area contributed by atoms with Crippen LogP contribution in [0.25, 0.3) is 6.08 Å². The molecule has 0 spiro atoms. The summed E-state index contributed by atoms with van der Waals surface area (Å²) in [7, 11) is 0. The summed E-state index contributed by atoms with van der Waals surface area (Å²) in [6, 6.07) is 3.87. The molecule has 0 amide bonds. The first-order valence-electron chi connectivity index (χ1n) is 5.02. The van der Waals surface area contributed by atoms with Crippen molar-refractivity contribution in [3.05, 3.63) is 34.6 Å². The van der Waals surface area contributed by atoms with E-state index in [1.54, 1.807) is 6.92 Å². The summed E-state index contributed by atoms with van der Waals surface area (Å²) in [5.74, 6) is 0.808. The van der Waals surface area contributed by atoms with Crippen LogP contribution in [0.4, 0.5) is 0 Å². The van der Waals surface area contributed by atoms with Crippen molar-refractivity contribution >= 4 is 34.6 Å². The Morgan fingerprint density at radius 2 is 2.31 bits per heavy atom. The molecule has 0 aliphatic carbocycles. The first-order chi connectivity index (χ1) is 7.59. The Kier molecular flexibility index (Phi) is 5.56. The number of aromatic nitrogens is 1. The smallest absolute Gasteiger partial charge is 0.185 e. The number of hydrogen-bond acceptors (Lipinski definition) is 3. The zero-order valence-electron chi connectivity index (χ0n) is 9.37. The minimum Gasteiger partial charge on any atom is -0.288 e. The Bertz CT molecular complexity index is 404. The summed E-state index contributed by atoms with van der Waals surface area (Å²) in [6.45, 7) is 3.48. The average molecular weight is 256 g/mol. The minimum atomic E-state index is 0.156. The zero-order valence-corrected chi connectivity index (χ0v) is 10.9. The lowest BCUT2D eigenvalue weighted by Gasteiger charge is -1.98. The molecule has 86 valence electrons. The first kappa shape index (κ1) is 13.3. The highest BCUT2D eigenvalue weighted by Gasteiger charge is 1.97. The zero-order chi connectivity index (χ0) is 12.0. The van der Waals surface area contributed by atoms with Crippen molar-refractivity contribution in [1.29, 1.82) is 0 Å². The molecule has 0 saturated carbocycles. The van der Waals surface area contributed by atoms with E-state index in [1.165, 1.54) is 11.8 Å². The molecule has 1 rings (SSSR count). The fraction of sp³-hybridized carbons (Fsp3) is 0.333. The van der Waals surface area contributed by atoms with Gasteiger partial charge in [-0.15, -0.1) is 0 Å². The number of hydrogen-bond donors (Lipinski definition) is 0. The highest BCUT2D eigenvalue weighted by Crippen LogP contribution is 2.15. The number of carbonyl (C=O) groups excluding carboxylic acids is 1. The molecular weight excluding hydrogens is 242 g/mol. The molecule has 0 unspecified atom stereocenters. The standard InChI is InChI=1S/C12H14ClNOS/c1-9-6-7-11(12(13)14-9)5-3-4-8-16-10(2)15/h3,5-7H,4,8H2,1-2H3. The summed E-state index contributed by atoms with van der Waals surface area (Å²) >= 11 is 7.31. The molecule has 0 radical (unpaired) electrons. The van der Waals surface area contributed by atoms with E-state index in [2.05, 4.69) is 4.98 Å². The summed E-state index contributed by atoms with van der Waals surface area (Å²) in [5.41, 5.74) is 1.83. The summed E-state index contributed by atoms with van der Waals surface area (Å²) in [4.78, 5) is 14.8. The number of allylic oxidation sites excluding steroid dienone is 1. The quantitative estimate of drug-likeness (QED) is 0.607. The van der Waals surface area contributed by atoms with Gasteiger partial charge in [0.2, 0.25) is 0 Å². The van der Waals surface area contributed by atoms with Gasteiger partial charge < -0.3 is 0 Å². The van der Waals surface area contributed by atoms with Gasteiger partial charge in [0.15, 0.2) is 5.12 Å². The number of pyridine rings is 1. The molecule has 0 fully saturated rings. The predicted octanol–water partition coefficient (Wildman–Crippen LogP) is 3.73. The number of nitrogens with zero attached hydrogens (tertiary/aromatic N) is 1. The van der Waals surface area contributed by atoms with Crippen LogP contribution in [0.5, 0.6) is 0 Å². The van der Waals surface area contributed by atoms with E-state index in [4.69, 9.17) is 11.6 Å². The second-order valence-electron chi connectivity index (χ2n) is 3.36. The second kappa shape index (κ2) is 6.71. The summed E-state index contributed by atoms with van der Waals surface area (Å²) in [6.07, 6.45) is 4.80. The van der Waals surface area contributed by atoms with Gasteiger partial charge in [0.05, 0.1) is 0 Å². The Labute approximate surface area is 105 Å². The van der Waals surface area contributed by atoms with Gasteiger partial charge in [-0.25, -0.2) is 4.98 Å². The summed E-state index contributed by atoms with van der Waals surface area (Å²) < 4.78 is 0. The van der Waals surface area contributed by atoms with Gasteiger partial charge in [-0.3, -0.25) is 4.79 Å². The molecule has 0 atom stereocenters. The molecule has 16 heavy (non-hydrogen) atoms. The van der Waals surface area contributed by atoms with Crippen molar-refractivity contribution in [2.45, 2.75) is 20.3 Å². The van der Waals surface area contributed by atoms with Crippen LogP contribution < -0.4 is 0 Å². The van der Waals surface area contributed by atoms with Crippen molar-refractivity contribution in [2.75, 3.05) is 5.75 Å². The van der Waals surface area contributed by atoms with E-state index in [0.29, 0.717) is 5.15 Å². The number of thioether (sulfide) groups is 1. The lowest BCUT2D eigenvalue weighted by molar-refractivity contribution is -0.109. The minimum absolute atomic E-state index is 0.156. The van der Waals surface area contributed by atoms with E-state index in [-0.39, 0.29) is 5.12 Å². The molecule has 1 heterocycles. The van der Waals surface area contributed by atoms with Crippen LogP contribution in [0, 0.1) is 6.92 Å². The van der Waals surface area contributed by atoms with Gasteiger partial charge in [0.1, 0.15) is 5.15 Å². The van der Waals surface area contributed by atoms with Crippen molar-refractivity contribution in [3.63, 3.8) is 0 Å². The van der Waals surface area contributed by atoms with Gasteiger partial charge in [-0.1, -0.05) is 41.6 Å². The highest BCUT2D eigenvalue weighted by molar-refractivity contribution is 8.13. The van der Waals surface area contributed by atoms with E-state index in [9.17, 15) is 4.79 Å². The molecule has 1 aromatic rings. The molecule has 4 heteroatoms. The SMILES string of the molecule is CC(=O)SCCC=Cc1ccc(C)nc1Cl. The first-order valence-corrected chi connectivity index (χ1v) is 6.39. The lowest BCUT2D eigenvalue weighted by Crippen LogP contribution is -1.85. The normalized spacial score (nSPS) is 10.9. The van der Waals surface area contributed by atoms with Crippen LogP contribution in [0.2, 0.25) is 5.15 Å². The molecule has 0 saturated heterocycles. The topological polar surface area (TPSA) is 30.0 Å².